The van der Waals surface area contributed by atoms with Gasteiger partial charge in [-0.1, -0.05) is 29.3 Å². The molecular formula is C14H11Cl3N2O. The predicted octanol–water partition coefficient (Wildman–Crippen LogP) is 4.20. The van der Waals surface area contributed by atoms with Crippen molar-refractivity contribution in [2.75, 3.05) is 0 Å². The topological polar surface area (TPSA) is 56.0 Å². The SMILES string of the molecule is Cc1nc(CCl)cc(-c2ccc(Cl)cc2Cl)c1C(N)=O. The molecule has 1 aromatic carbocycles. The van der Waals surface area contributed by atoms with Gasteiger partial charge in [0.15, 0.2) is 0 Å². The monoisotopic (exact) mass is 328 g/mol. The highest BCUT2D eigenvalue weighted by Gasteiger charge is 2.17. The number of amides is 1. The molecule has 0 bridgehead atoms. The molecule has 0 unspecified atom stereocenters. The largest absolute Gasteiger partial charge is 0.366 e. The number of carbonyl (C=O) groups excluding carboxylic acids is 1. The van der Waals surface area contributed by atoms with Crippen molar-refractivity contribution in [1.82, 2.24) is 4.98 Å². The number of pyridine rings is 1. The molecule has 1 heterocycles. The highest BCUT2D eigenvalue weighted by molar-refractivity contribution is 6.36. The molecule has 0 aliphatic carbocycles. The molecule has 0 spiro atoms. The van der Waals surface area contributed by atoms with Crippen LogP contribution in [0.4, 0.5) is 0 Å². The second-order valence-corrected chi connectivity index (χ2v) is 5.35. The lowest BCUT2D eigenvalue weighted by Gasteiger charge is -2.13. The van der Waals surface area contributed by atoms with Crippen molar-refractivity contribution in [3.63, 3.8) is 0 Å². The highest BCUT2D eigenvalue weighted by atomic mass is 35.5. The van der Waals surface area contributed by atoms with E-state index in [0.29, 0.717) is 38.1 Å². The van der Waals surface area contributed by atoms with E-state index < -0.39 is 5.91 Å². The van der Waals surface area contributed by atoms with Crippen LogP contribution in [0.2, 0.25) is 10.0 Å². The molecule has 2 aromatic rings. The van der Waals surface area contributed by atoms with Crippen molar-refractivity contribution in [3.05, 3.63) is 51.3 Å². The first-order chi connectivity index (χ1) is 9.43. The smallest absolute Gasteiger partial charge is 0.251 e. The van der Waals surface area contributed by atoms with Crippen molar-refractivity contribution >= 4 is 40.7 Å². The van der Waals surface area contributed by atoms with E-state index in [1.54, 1.807) is 31.2 Å². The number of hydrogen-bond acceptors (Lipinski definition) is 2. The molecule has 0 aliphatic heterocycles. The summed E-state index contributed by atoms with van der Waals surface area (Å²) in [6.07, 6.45) is 0. The number of nitrogens with zero attached hydrogens (tertiary/aromatic N) is 1. The summed E-state index contributed by atoms with van der Waals surface area (Å²) in [6.45, 7) is 1.71. The summed E-state index contributed by atoms with van der Waals surface area (Å²) >= 11 is 17.9. The van der Waals surface area contributed by atoms with Crippen molar-refractivity contribution in [2.45, 2.75) is 12.8 Å². The van der Waals surface area contributed by atoms with Crippen LogP contribution in [0.5, 0.6) is 0 Å². The summed E-state index contributed by atoms with van der Waals surface area (Å²) in [7, 11) is 0. The van der Waals surface area contributed by atoms with E-state index >= 15 is 0 Å². The second kappa shape index (κ2) is 6.00. The van der Waals surface area contributed by atoms with E-state index in [2.05, 4.69) is 4.98 Å². The lowest BCUT2D eigenvalue weighted by atomic mass is 9.97. The normalized spacial score (nSPS) is 10.6. The molecule has 0 saturated heterocycles. The maximum atomic E-state index is 11.7. The number of primary amides is 1. The fraction of sp³-hybridized carbons (Fsp3) is 0.143. The Morgan fingerprint density at radius 2 is 1.95 bits per heavy atom. The third-order valence-electron chi connectivity index (χ3n) is 2.86. The summed E-state index contributed by atoms with van der Waals surface area (Å²) in [5, 5.41) is 0.953. The maximum Gasteiger partial charge on any atom is 0.251 e. The molecule has 3 nitrogen and oxygen atoms in total. The number of rotatable bonds is 3. The first-order valence-corrected chi connectivity index (χ1v) is 7.04. The van der Waals surface area contributed by atoms with Gasteiger partial charge in [-0.15, -0.1) is 11.6 Å². The molecule has 104 valence electrons. The first-order valence-electron chi connectivity index (χ1n) is 5.75. The molecule has 2 rings (SSSR count). The van der Waals surface area contributed by atoms with Gasteiger partial charge < -0.3 is 5.73 Å². The molecule has 0 fully saturated rings. The minimum atomic E-state index is -0.558. The Kier molecular flexibility index (Phi) is 4.53. The van der Waals surface area contributed by atoms with Crippen molar-refractivity contribution in [1.29, 1.82) is 0 Å². The number of alkyl halides is 1. The van der Waals surface area contributed by atoms with Gasteiger partial charge in [-0.05, 0) is 30.7 Å². The van der Waals surface area contributed by atoms with Crippen LogP contribution in [0.3, 0.4) is 0 Å². The number of halogens is 3. The van der Waals surface area contributed by atoms with E-state index in [-0.39, 0.29) is 5.88 Å². The Balaban J connectivity index is 2.76. The average Bonchev–Trinajstić information content (AvgIpc) is 2.37. The van der Waals surface area contributed by atoms with Crippen LogP contribution < -0.4 is 5.73 Å². The van der Waals surface area contributed by atoms with Gasteiger partial charge in [0.2, 0.25) is 0 Å². The lowest BCUT2D eigenvalue weighted by molar-refractivity contribution is 0.1000. The van der Waals surface area contributed by atoms with Crippen LogP contribution >= 0.6 is 34.8 Å². The van der Waals surface area contributed by atoms with Crippen molar-refractivity contribution < 1.29 is 4.79 Å². The van der Waals surface area contributed by atoms with Crippen LogP contribution in [0.25, 0.3) is 11.1 Å². The van der Waals surface area contributed by atoms with E-state index in [1.807, 2.05) is 0 Å². The number of aryl methyl sites for hydroxylation is 1. The van der Waals surface area contributed by atoms with Gasteiger partial charge in [-0.3, -0.25) is 9.78 Å². The fourth-order valence-electron chi connectivity index (χ4n) is 2.04. The molecule has 0 aliphatic rings. The Labute approximate surface area is 131 Å². The number of benzene rings is 1. The van der Waals surface area contributed by atoms with Crippen molar-refractivity contribution in [3.8, 4) is 11.1 Å². The molecular weight excluding hydrogens is 319 g/mol. The van der Waals surface area contributed by atoms with E-state index in [4.69, 9.17) is 40.5 Å². The first kappa shape index (κ1) is 15.1. The molecule has 20 heavy (non-hydrogen) atoms. The Morgan fingerprint density at radius 3 is 2.50 bits per heavy atom. The predicted molar refractivity (Wildman–Crippen MR) is 82.5 cm³/mol. The van der Waals surface area contributed by atoms with Gasteiger partial charge in [-0.2, -0.15) is 0 Å². The van der Waals surface area contributed by atoms with Gasteiger partial charge in [0.1, 0.15) is 0 Å². The Bertz CT molecular complexity index is 686. The lowest BCUT2D eigenvalue weighted by Crippen LogP contribution is -2.16. The minimum absolute atomic E-state index is 0.234. The van der Waals surface area contributed by atoms with Crippen LogP contribution in [-0.4, -0.2) is 10.9 Å². The fourth-order valence-corrected chi connectivity index (χ4v) is 2.68. The molecule has 1 aromatic heterocycles. The zero-order valence-electron chi connectivity index (χ0n) is 10.6. The molecule has 1 amide bonds. The number of carbonyl (C=O) groups is 1. The Morgan fingerprint density at radius 1 is 1.25 bits per heavy atom. The maximum absolute atomic E-state index is 11.7. The highest BCUT2D eigenvalue weighted by Crippen LogP contribution is 2.34. The van der Waals surface area contributed by atoms with Gasteiger partial charge in [0, 0.05) is 15.6 Å². The van der Waals surface area contributed by atoms with Crippen LogP contribution in [0.15, 0.2) is 24.3 Å². The van der Waals surface area contributed by atoms with E-state index in [1.165, 1.54) is 0 Å². The molecule has 2 N–H and O–H groups in total. The molecule has 0 saturated carbocycles. The summed E-state index contributed by atoms with van der Waals surface area (Å²) in [6, 6.07) is 6.77. The minimum Gasteiger partial charge on any atom is -0.366 e. The van der Waals surface area contributed by atoms with Crippen LogP contribution in [0, 0.1) is 6.92 Å². The number of hydrogen-bond donors (Lipinski definition) is 1. The summed E-state index contributed by atoms with van der Waals surface area (Å²) in [5.41, 5.74) is 8.23. The third-order valence-corrected chi connectivity index (χ3v) is 3.68. The Hall–Kier alpha value is -1.29. The molecule has 0 atom stereocenters. The zero-order chi connectivity index (χ0) is 14.9. The standard InChI is InChI=1S/C14H11Cl3N2O/c1-7-13(14(18)20)11(5-9(6-15)19-7)10-3-2-8(16)4-12(10)17/h2-5H,6H2,1H3,(H2,18,20). The summed E-state index contributed by atoms with van der Waals surface area (Å²) in [4.78, 5) is 15.9. The van der Waals surface area contributed by atoms with Crippen LogP contribution in [0.1, 0.15) is 21.7 Å². The average molecular weight is 330 g/mol. The van der Waals surface area contributed by atoms with E-state index in [9.17, 15) is 4.79 Å². The zero-order valence-corrected chi connectivity index (χ0v) is 12.9. The molecule has 0 radical (unpaired) electrons. The number of aromatic nitrogens is 1. The van der Waals surface area contributed by atoms with Gasteiger partial charge in [-0.25, -0.2) is 0 Å². The van der Waals surface area contributed by atoms with Gasteiger partial charge >= 0.3 is 0 Å². The summed E-state index contributed by atoms with van der Waals surface area (Å²) in [5.74, 6) is -0.324. The summed E-state index contributed by atoms with van der Waals surface area (Å²) < 4.78 is 0. The van der Waals surface area contributed by atoms with Crippen LogP contribution in [-0.2, 0) is 5.88 Å². The number of nitrogens with two attached hydrogens (primary N) is 1. The van der Waals surface area contributed by atoms with Gasteiger partial charge in [0.25, 0.3) is 5.91 Å². The quantitative estimate of drug-likeness (QED) is 0.858. The van der Waals surface area contributed by atoms with Gasteiger partial charge in [0.05, 0.1) is 22.8 Å². The third kappa shape index (κ3) is 2.90. The second-order valence-electron chi connectivity index (χ2n) is 4.24. The van der Waals surface area contributed by atoms with E-state index in [0.717, 1.165) is 0 Å². The molecule has 6 heteroatoms. The van der Waals surface area contributed by atoms with Crippen molar-refractivity contribution in [2.24, 2.45) is 5.73 Å².